The number of hydrogen-bond acceptors (Lipinski definition) is 9. The van der Waals surface area contributed by atoms with Gasteiger partial charge in [-0.15, -0.1) is 13.2 Å². The third-order valence-electron chi connectivity index (χ3n) is 6.08. The van der Waals surface area contributed by atoms with Crippen LogP contribution in [0.3, 0.4) is 0 Å². The summed E-state index contributed by atoms with van der Waals surface area (Å²) in [6.07, 6.45) is -1.80. The van der Waals surface area contributed by atoms with Crippen LogP contribution in [0.25, 0.3) is 11.4 Å². The van der Waals surface area contributed by atoms with Crippen LogP contribution < -0.4 is 15.0 Å². The number of ether oxygens (including phenoxy) is 2. The molecule has 14 heteroatoms. The molecule has 0 unspecified atom stereocenters. The average molecular weight is 525 g/mol. The van der Waals surface area contributed by atoms with E-state index in [1.54, 1.807) is 17.9 Å². The Morgan fingerprint density at radius 1 is 1.28 bits per heavy atom. The second-order valence-electron chi connectivity index (χ2n) is 8.78. The van der Waals surface area contributed by atoms with Gasteiger partial charge in [0.05, 0.1) is 10.6 Å². The van der Waals surface area contributed by atoms with E-state index in [9.17, 15) is 18.0 Å². The van der Waals surface area contributed by atoms with Gasteiger partial charge >= 0.3 is 12.5 Å². The lowest BCUT2D eigenvalue weighted by Gasteiger charge is -2.31. The van der Waals surface area contributed by atoms with E-state index in [1.807, 2.05) is 6.92 Å². The molecular weight excluding hydrogens is 505 g/mol. The zero-order chi connectivity index (χ0) is 25.7. The quantitative estimate of drug-likeness (QED) is 0.435. The SMILES string of the molecule is C[C@H](Nc1nccc(N2C(=O)OC[C@@]2(C)C2CC2)n1)c1nc(-c2ccc(Cl)c(OC(F)(F)F)c2)no1. The second kappa shape index (κ2) is 8.80. The number of alkyl halides is 3. The van der Waals surface area contributed by atoms with Crippen molar-refractivity contribution in [2.75, 3.05) is 16.8 Å². The van der Waals surface area contributed by atoms with E-state index in [-0.39, 0.29) is 28.2 Å². The Labute approximate surface area is 207 Å². The van der Waals surface area contributed by atoms with Gasteiger partial charge in [-0.3, -0.25) is 4.90 Å². The summed E-state index contributed by atoms with van der Waals surface area (Å²) >= 11 is 5.80. The average Bonchev–Trinajstić information content (AvgIpc) is 3.48. The fraction of sp³-hybridized carbons (Fsp3) is 0.409. The molecule has 5 rings (SSSR count). The van der Waals surface area contributed by atoms with Crippen molar-refractivity contribution in [1.29, 1.82) is 0 Å². The normalized spacial score (nSPS) is 20.8. The monoisotopic (exact) mass is 524 g/mol. The van der Waals surface area contributed by atoms with E-state index < -0.39 is 29.8 Å². The topological polar surface area (TPSA) is 116 Å². The summed E-state index contributed by atoms with van der Waals surface area (Å²) in [6.45, 7) is 3.99. The Bertz CT molecular complexity index is 1300. The highest BCUT2D eigenvalue weighted by Crippen LogP contribution is 2.47. The van der Waals surface area contributed by atoms with Gasteiger partial charge in [0.2, 0.25) is 17.7 Å². The molecule has 0 spiro atoms. The number of cyclic esters (lactones) is 1. The Morgan fingerprint density at radius 3 is 2.78 bits per heavy atom. The molecule has 2 aliphatic rings. The lowest BCUT2D eigenvalue weighted by Crippen LogP contribution is -2.47. The first-order valence-electron chi connectivity index (χ1n) is 11.0. The number of rotatable bonds is 7. The number of hydrogen-bond donors (Lipinski definition) is 1. The molecule has 10 nitrogen and oxygen atoms in total. The highest BCUT2D eigenvalue weighted by molar-refractivity contribution is 6.32. The molecule has 3 aromatic rings. The van der Waals surface area contributed by atoms with Crippen molar-refractivity contribution >= 4 is 29.5 Å². The Kier molecular flexibility index (Phi) is 5.89. The Hall–Kier alpha value is -3.61. The molecule has 1 amide bonds. The van der Waals surface area contributed by atoms with Crippen LogP contribution in [0.2, 0.25) is 5.02 Å². The summed E-state index contributed by atoms with van der Waals surface area (Å²) in [5, 5.41) is 6.65. The third kappa shape index (κ3) is 4.74. The minimum Gasteiger partial charge on any atom is -0.447 e. The minimum atomic E-state index is -4.90. The molecule has 1 N–H and O–H groups in total. The number of carbonyl (C=O) groups excluding carboxylic acids is 1. The van der Waals surface area contributed by atoms with Crippen molar-refractivity contribution in [2.24, 2.45) is 5.92 Å². The van der Waals surface area contributed by atoms with Gasteiger partial charge in [-0.2, -0.15) is 9.97 Å². The minimum absolute atomic E-state index is 0.0389. The van der Waals surface area contributed by atoms with Gasteiger partial charge in [-0.05, 0) is 56.9 Å². The van der Waals surface area contributed by atoms with Crippen molar-refractivity contribution in [1.82, 2.24) is 20.1 Å². The number of anilines is 2. The fourth-order valence-electron chi connectivity index (χ4n) is 4.08. The van der Waals surface area contributed by atoms with Crippen LogP contribution in [0.1, 0.15) is 38.6 Å². The smallest absolute Gasteiger partial charge is 0.447 e. The van der Waals surface area contributed by atoms with Gasteiger partial charge in [0.25, 0.3) is 0 Å². The molecule has 2 atom stereocenters. The van der Waals surface area contributed by atoms with E-state index in [0.29, 0.717) is 18.3 Å². The van der Waals surface area contributed by atoms with E-state index in [0.717, 1.165) is 18.9 Å². The van der Waals surface area contributed by atoms with Gasteiger partial charge in [-0.25, -0.2) is 9.78 Å². The number of nitrogens with one attached hydrogen (secondary N) is 1. The summed E-state index contributed by atoms with van der Waals surface area (Å²) in [4.78, 5) is 26.9. The molecule has 0 bridgehead atoms. The van der Waals surface area contributed by atoms with Crippen LogP contribution in [-0.4, -0.2) is 44.7 Å². The first-order valence-corrected chi connectivity index (χ1v) is 11.4. The van der Waals surface area contributed by atoms with E-state index in [4.69, 9.17) is 20.9 Å². The van der Waals surface area contributed by atoms with E-state index in [1.165, 1.54) is 18.3 Å². The van der Waals surface area contributed by atoms with Gasteiger partial charge in [0, 0.05) is 11.8 Å². The molecule has 1 saturated carbocycles. The highest BCUT2D eigenvalue weighted by Gasteiger charge is 2.54. The molecule has 190 valence electrons. The van der Waals surface area contributed by atoms with Gasteiger partial charge in [0.15, 0.2) is 0 Å². The van der Waals surface area contributed by atoms with Gasteiger partial charge in [-0.1, -0.05) is 16.8 Å². The maximum absolute atomic E-state index is 12.6. The highest BCUT2D eigenvalue weighted by atomic mass is 35.5. The number of carbonyl (C=O) groups is 1. The maximum atomic E-state index is 12.6. The standard InChI is InChI=1S/C22H20ClF3N6O4/c1-11(18-30-17(31-36-18)12-3-6-14(23)15(9-12)35-22(24,25)26)28-19-27-8-7-16(29-19)32-20(33)34-10-21(32,2)13-4-5-13/h3,6-9,11,13H,4-5,10H2,1-2H3,(H,27,28,29)/t11-,21-/m0/s1. The van der Waals surface area contributed by atoms with Crippen LogP contribution >= 0.6 is 11.6 Å². The van der Waals surface area contributed by atoms with Crippen molar-refractivity contribution in [2.45, 2.75) is 44.6 Å². The zero-order valence-electron chi connectivity index (χ0n) is 19.0. The summed E-state index contributed by atoms with van der Waals surface area (Å²) in [5.74, 6) is 0.558. The number of nitrogens with zero attached hydrogens (tertiary/aromatic N) is 5. The predicted octanol–water partition coefficient (Wildman–Crippen LogP) is 5.38. The summed E-state index contributed by atoms with van der Waals surface area (Å²) < 4.78 is 52.4. The van der Waals surface area contributed by atoms with Gasteiger partial charge < -0.3 is 19.3 Å². The summed E-state index contributed by atoms with van der Waals surface area (Å²) in [6, 6.07) is 4.82. The third-order valence-corrected chi connectivity index (χ3v) is 6.39. The predicted molar refractivity (Wildman–Crippen MR) is 120 cm³/mol. The maximum Gasteiger partial charge on any atom is 0.573 e. The fourth-order valence-corrected chi connectivity index (χ4v) is 4.23. The van der Waals surface area contributed by atoms with E-state index >= 15 is 0 Å². The molecule has 2 fully saturated rings. The zero-order valence-corrected chi connectivity index (χ0v) is 19.8. The molecule has 0 radical (unpaired) electrons. The number of halogens is 4. The number of amides is 1. The molecule has 1 saturated heterocycles. The molecule has 3 heterocycles. The van der Waals surface area contributed by atoms with Crippen molar-refractivity contribution in [3.8, 4) is 17.1 Å². The first-order chi connectivity index (χ1) is 17.0. The van der Waals surface area contributed by atoms with Crippen LogP contribution in [0.4, 0.5) is 29.7 Å². The summed E-state index contributed by atoms with van der Waals surface area (Å²) in [7, 11) is 0. The van der Waals surface area contributed by atoms with Crippen LogP contribution in [0, 0.1) is 5.92 Å². The van der Waals surface area contributed by atoms with Crippen molar-refractivity contribution in [3.05, 3.63) is 41.4 Å². The molecule has 36 heavy (non-hydrogen) atoms. The molecule has 1 aliphatic carbocycles. The Balaban J connectivity index is 1.33. The lowest BCUT2D eigenvalue weighted by atomic mass is 9.96. The first kappa shape index (κ1) is 24.1. The van der Waals surface area contributed by atoms with E-state index in [2.05, 4.69) is 30.2 Å². The molecule has 2 aromatic heterocycles. The molecule has 1 aromatic carbocycles. The van der Waals surface area contributed by atoms with Crippen molar-refractivity contribution in [3.63, 3.8) is 0 Å². The van der Waals surface area contributed by atoms with Gasteiger partial charge in [0.1, 0.15) is 24.2 Å². The lowest BCUT2D eigenvalue weighted by molar-refractivity contribution is -0.274. The van der Waals surface area contributed by atoms with Crippen LogP contribution in [0.5, 0.6) is 5.75 Å². The molecular formula is C22H20ClF3N6O4. The number of aromatic nitrogens is 4. The number of benzene rings is 1. The largest absolute Gasteiger partial charge is 0.573 e. The second-order valence-corrected chi connectivity index (χ2v) is 9.18. The van der Waals surface area contributed by atoms with Crippen molar-refractivity contribution < 1.29 is 32.0 Å². The molecule has 1 aliphatic heterocycles. The van der Waals surface area contributed by atoms with Crippen LogP contribution in [0.15, 0.2) is 35.0 Å². The summed E-state index contributed by atoms with van der Waals surface area (Å²) in [5.41, 5.74) is -0.255. The Morgan fingerprint density at radius 2 is 2.06 bits per heavy atom. The van der Waals surface area contributed by atoms with Crippen LogP contribution in [-0.2, 0) is 4.74 Å².